The van der Waals surface area contributed by atoms with Gasteiger partial charge in [-0.15, -0.1) is 0 Å². The molecule has 2 rings (SSSR count). The lowest BCUT2D eigenvalue weighted by Crippen LogP contribution is -2.14. The number of hydrogen-bond donors (Lipinski definition) is 2. The van der Waals surface area contributed by atoms with Crippen molar-refractivity contribution in [3.05, 3.63) is 47.7 Å². The molecule has 24 heavy (non-hydrogen) atoms. The molecule has 2 aromatic rings. The highest BCUT2D eigenvalue weighted by molar-refractivity contribution is 6.00. The maximum absolute atomic E-state index is 14.4. The highest BCUT2D eigenvalue weighted by Crippen LogP contribution is 2.32. The molecular weight excluding hydrogens is 330 g/mol. The number of nitrogens with zero attached hydrogens (tertiary/aromatic N) is 2. The fraction of sp³-hybridized carbons (Fsp3) is 0.133. The molecular formula is C15H11F4N3O2. The topological polar surface area (TPSA) is 89.1 Å². The van der Waals surface area contributed by atoms with Crippen LogP contribution in [0.15, 0.2) is 24.9 Å². The summed E-state index contributed by atoms with van der Waals surface area (Å²) >= 11 is 0. The first-order valence-corrected chi connectivity index (χ1v) is 6.49. The van der Waals surface area contributed by atoms with Gasteiger partial charge in [0.25, 0.3) is 0 Å². The average Bonchev–Trinajstić information content (AvgIpc) is 2.55. The van der Waals surface area contributed by atoms with Crippen LogP contribution in [-0.4, -0.2) is 27.5 Å². The Balaban J connectivity index is 2.64. The second kappa shape index (κ2) is 6.36. The van der Waals surface area contributed by atoms with Crippen LogP contribution in [0, 0.1) is 5.82 Å². The number of carbonyl (C=O) groups excluding carboxylic acids is 1. The molecule has 0 spiro atoms. The summed E-state index contributed by atoms with van der Waals surface area (Å²) in [5.41, 5.74) is 3.01. The SMILES string of the molecule is C=Cc1c(C(=O)CO)nc(-c2ccc(C(F)(F)F)nc2)c(F)c1N. The lowest BCUT2D eigenvalue weighted by molar-refractivity contribution is -0.141. The molecule has 0 aliphatic carbocycles. The normalized spacial score (nSPS) is 11.4. The zero-order chi connectivity index (χ0) is 18.1. The zero-order valence-electron chi connectivity index (χ0n) is 12.1. The third kappa shape index (κ3) is 3.11. The van der Waals surface area contributed by atoms with E-state index in [9.17, 15) is 22.4 Å². The van der Waals surface area contributed by atoms with Crippen LogP contribution in [0.4, 0.5) is 23.2 Å². The molecule has 0 atom stereocenters. The van der Waals surface area contributed by atoms with Gasteiger partial charge in [-0.25, -0.2) is 9.37 Å². The number of nitrogen functional groups attached to an aromatic ring is 1. The molecule has 0 aliphatic rings. The summed E-state index contributed by atoms with van der Waals surface area (Å²) in [6, 6.07) is 1.61. The first kappa shape index (κ1) is 17.5. The van der Waals surface area contributed by atoms with Crippen molar-refractivity contribution in [2.45, 2.75) is 6.18 Å². The smallest absolute Gasteiger partial charge is 0.396 e. The molecule has 0 saturated heterocycles. The van der Waals surface area contributed by atoms with Crippen LogP contribution in [0.5, 0.6) is 0 Å². The Morgan fingerprint density at radius 2 is 2.04 bits per heavy atom. The van der Waals surface area contributed by atoms with Gasteiger partial charge in [0.2, 0.25) is 5.78 Å². The van der Waals surface area contributed by atoms with Crippen molar-refractivity contribution < 1.29 is 27.5 Å². The fourth-order valence-electron chi connectivity index (χ4n) is 1.98. The number of pyridine rings is 2. The maximum atomic E-state index is 14.4. The number of aliphatic hydroxyl groups excluding tert-OH is 1. The van der Waals surface area contributed by atoms with Crippen molar-refractivity contribution in [1.29, 1.82) is 0 Å². The van der Waals surface area contributed by atoms with Gasteiger partial charge in [-0.2, -0.15) is 13.2 Å². The minimum atomic E-state index is -4.64. The molecule has 0 bridgehead atoms. The summed E-state index contributed by atoms with van der Waals surface area (Å²) in [6.07, 6.45) is -2.77. The molecule has 0 saturated carbocycles. The van der Waals surface area contributed by atoms with E-state index in [2.05, 4.69) is 16.5 Å². The van der Waals surface area contributed by atoms with Crippen molar-refractivity contribution in [2.24, 2.45) is 0 Å². The van der Waals surface area contributed by atoms with Gasteiger partial charge < -0.3 is 10.8 Å². The van der Waals surface area contributed by atoms with Gasteiger partial charge >= 0.3 is 6.18 Å². The third-order valence-electron chi connectivity index (χ3n) is 3.15. The van der Waals surface area contributed by atoms with E-state index in [1.807, 2.05) is 0 Å². The summed E-state index contributed by atoms with van der Waals surface area (Å²) in [4.78, 5) is 18.7. The van der Waals surface area contributed by atoms with Crippen molar-refractivity contribution in [1.82, 2.24) is 9.97 Å². The zero-order valence-corrected chi connectivity index (χ0v) is 12.1. The summed E-state index contributed by atoms with van der Waals surface area (Å²) in [6.45, 7) is 2.49. The Kier molecular flexibility index (Phi) is 4.65. The highest BCUT2D eigenvalue weighted by Gasteiger charge is 2.32. The lowest BCUT2D eigenvalue weighted by Gasteiger charge is -2.12. The lowest BCUT2D eigenvalue weighted by atomic mass is 10.0. The molecule has 2 aromatic heterocycles. The molecule has 0 fully saturated rings. The number of halogens is 4. The molecule has 0 radical (unpaired) electrons. The largest absolute Gasteiger partial charge is 0.433 e. The highest BCUT2D eigenvalue weighted by atomic mass is 19.4. The molecule has 2 heterocycles. The molecule has 0 aliphatic heterocycles. The number of alkyl halides is 3. The summed E-state index contributed by atoms with van der Waals surface area (Å²) < 4.78 is 51.9. The quantitative estimate of drug-likeness (QED) is 0.659. The fourth-order valence-corrected chi connectivity index (χ4v) is 1.98. The number of anilines is 1. The van der Waals surface area contributed by atoms with Crippen LogP contribution in [0.2, 0.25) is 0 Å². The number of nitrogens with two attached hydrogens (primary N) is 1. The van der Waals surface area contributed by atoms with Crippen LogP contribution in [0.1, 0.15) is 21.7 Å². The Bertz CT molecular complexity index is 802. The number of ketones is 1. The van der Waals surface area contributed by atoms with Crippen molar-refractivity contribution in [2.75, 3.05) is 12.3 Å². The Hall–Kier alpha value is -2.81. The Morgan fingerprint density at radius 1 is 1.38 bits per heavy atom. The van der Waals surface area contributed by atoms with Crippen LogP contribution in [0.25, 0.3) is 17.3 Å². The van der Waals surface area contributed by atoms with E-state index in [0.29, 0.717) is 6.07 Å². The molecule has 0 aromatic carbocycles. The first-order chi connectivity index (χ1) is 11.2. The Labute approximate surface area is 133 Å². The van der Waals surface area contributed by atoms with Gasteiger partial charge in [0, 0.05) is 17.3 Å². The van der Waals surface area contributed by atoms with Crippen molar-refractivity contribution in [3.8, 4) is 11.3 Å². The molecule has 3 N–H and O–H groups in total. The van der Waals surface area contributed by atoms with E-state index in [1.165, 1.54) is 0 Å². The third-order valence-corrected chi connectivity index (χ3v) is 3.15. The van der Waals surface area contributed by atoms with E-state index in [-0.39, 0.29) is 16.8 Å². The van der Waals surface area contributed by atoms with Crippen LogP contribution >= 0.6 is 0 Å². The average molecular weight is 341 g/mol. The van der Waals surface area contributed by atoms with Gasteiger partial charge in [0.05, 0.1) is 5.69 Å². The summed E-state index contributed by atoms with van der Waals surface area (Å²) in [5, 5.41) is 8.96. The number of Topliss-reactive ketones (excluding diaryl/α,β-unsaturated/α-hetero) is 1. The van der Waals surface area contributed by atoms with Gasteiger partial charge in [0.1, 0.15) is 23.7 Å². The number of hydrogen-bond acceptors (Lipinski definition) is 5. The monoisotopic (exact) mass is 341 g/mol. The van der Waals surface area contributed by atoms with E-state index < -0.39 is 41.5 Å². The van der Waals surface area contributed by atoms with Gasteiger partial charge in [-0.3, -0.25) is 9.78 Å². The predicted octanol–water partition coefficient (Wildman–Crippen LogP) is 2.70. The molecule has 126 valence electrons. The first-order valence-electron chi connectivity index (χ1n) is 6.49. The van der Waals surface area contributed by atoms with E-state index in [1.54, 1.807) is 0 Å². The predicted molar refractivity (Wildman–Crippen MR) is 78.3 cm³/mol. The standard InChI is InChI=1S/C15H11F4N3O2/c1-2-8-12(20)11(16)13(22-14(8)9(24)6-23)7-3-4-10(21-5-7)15(17,18)19/h2-5,23H,1,6H2,(H2,20,22). The second-order valence-electron chi connectivity index (χ2n) is 4.67. The van der Waals surface area contributed by atoms with Crippen LogP contribution in [-0.2, 0) is 6.18 Å². The summed E-state index contributed by atoms with van der Waals surface area (Å²) in [5.74, 6) is -1.86. The Morgan fingerprint density at radius 3 is 2.50 bits per heavy atom. The van der Waals surface area contributed by atoms with E-state index in [4.69, 9.17) is 10.8 Å². The molecule has 9 heteroatoms. The number of rotatable bonds is 4. The van der Waals surface area contributed by atoms with Gasteiger partial charge in [0.15, 0.2) is 5.82 Å². The summed E-state index contributed by atoms with van der Waals surface area (Å²) in [7, 11) is 0. The number of carbonyl (C=O) groups is 1. The second-order valence-corrected chi connectivity index (χ2v) is 4.67. The minimum absolute atomic E-state index is 0.102. The van der Waals surface area contributed by atoms with E-state index >= 15 is 0 Å². The van der Waals surface area contributed by atoms with E-state index in [0.717, 1.165) is 18.3 Å². The maximum Gasteiger partial charge on any atom is 0.433 e. The van der Waals surface area contributed by atoms with Crippen molar-refractivity contribution in [3.63, 3.8) is 0 Å². The molecule has 0 amide bonds. The van der Waals surface area contributed by atoms with Crippen molar-refractivity contribution >= 4 is 17.5 Å². The number of aromatic nitrogens is 2. The van der Waals surface area contributed by atoms with Crippen LogP contribution < -0.4 is 5.73 Å². The van der Waals surface area contributed by atoms with Gasteiger partial charge in [-0.05, 0) is 12.1 Å². The number of aliphatic hydroxyl groups is 1. The molecule has 5 nitrogen and oxygen atoms in total. The molecule has 0 unspecified atom stereocenters. The van der Waals surface area contributed by atoms with Crippen LogP contribution in [0.3, 0.4) is 0 Å². The minimum Gasteiger partial charge on any atom is -0.396 e. The van der Waals surface area contributed by atoms with Gasteiger partial charge in [-0.1, -0.05) is 12.7 Å².